The standard InChI is InChI=1S/C10H20.C9H12O/c1-3-9-7-5-6-8-10(9)4-2;1-3-8-6-4-5-7-9(8)10-2/h9-10H,3-8H2,1-2H3;4-7H,3H2,1-2H3/t9-,10?;/m1./s1. The van der Waals surface area contributed by atoms with Crippen LogP contribution in [0, 0.1) is 11.8 Å². The first-order chi connectivity index (χ1) is 9.76. The van der Waals surface area contributed by atoms with Gasteiger partial charge in [-0.25, -0.2) is 0 Å². The zero-order valence-electron chi connectivity index (χ0n) is 13.8. The molecule has 1 unspecified atom stereocenters. The molecule has 1 fully saturated rings. The van der Waals surface area contributed by atoms with E-state index in [1.807, 2.05) is 18.2 Å². The molecule has 0 radical (unpaired) electrons. The summed E-state index contributed by atoms with van der Waals surface area (Å²) in [4.78, 5) is 0. The van der Waals surface area contributed by atoms with Crippen LogP contribution >= 0.6 is 0 Å². The Labute approximate surface area is 125 Å². The lowest BCUT2D eigenvalue weighted by atomic mass is 9.77. The number of benzene rings is 1. The van der Waals surface area contributed by atoms with Crippen molar-refractivity contribution in [2.75, 3.05) is 7.11 Å². The average molecular weight is 276 g/mol. The second-order valence-corrected chi connectivity index (χ2v) is 5.79. The van der Waals surface area contributed by atoms with Gasteiger partial charge in [-0.2, -0.15) is 0 Å². The normalized spacial score (nSPS) is 21.8. The van der Waals surface area contributed by atoms with Crippen molar-refractivity contribution in [1.29, 1.82) is 0 Å². The molecular formula is C19H32O. The molecule has 0 spiro atoms. The molecule has 1 aliphatic carbocycles. The van der Waals surface area contributed by atoms with Gasteiger partial charge in [-0.05, 0) is 29.9 Å². The predicted octanol–water partition coefficient (Wildman–Crippen LogP) is 5.87. The molecular weight excluding hydrogens is 244 g/mol. The number of para-hydroxylation sites is 1. The van der Waals surface area contributed by atoms with Crippen LogP contribution in [-0.2, 0) is 6.42 Å². The monoisotopic (exact) mass is 276 g/mol. The second kappa shape index (κ2) is 9.85. The molecule has 0 aliphatic heterocycles. The summed E-state index contributed by atoms with van der Waals surface area (Å²) in [5.74, 6) is 3.13. The third-order valence-electron chi connectivity index (χ3n) is 4.69. The molecule has 1 nitrogen and oxygen atoms in total. The predicted molar refractivity (Wildman–Crippen MR) is 88.4 cm³/mol. The van der Waals surface area contributed by atoms with Crippen LogP contribution in [0.5, 0.6) is 5.75 Å². The highest BCUT2D eigenvalue weighted by Crippen LogP contribution is 2.33. The Morgan fingerprint density at radius 3 is 1.90 bits per heavy atom. The fourth-order valence-corrected chi connectivity index (χ4v) is 3.35. The van der Waals surface area contributed by atoms with Gasteiger partial charge in [0.25, 0.3) is 0 Å². The van der Waals surface area contributed by atoms with Crippen LogP contribution in [0.3, 0.4) is 0 Å². The Kier molecular flexibility index (Phi) is 8.41. The van der Waals surface area contributed by atoms with Crippen LogP contribution in [0.25, 0.3) is 0 Å². The van der Waals surface area contributed by atoms with E-state index in [1.165, 1.54) is 44.1 Å². The van der Waals surface area contributed by atoms with Crippen molar-refractivity contribution in [1.82, 2.24) is 0 Å². The van der Waals surface area contributed by atoms with Crippen LogP contribution in [0.1, 0.15) is 64.9 Å². The van der Waals surface area contributed by atoms with Crippen molar-refractivity contribution in [3.8, 4) is 5.75 Å². The summed E-state index contributed by atoms with van der Waals surface area (Å²) >= 11 is 0. The number of hydrogen-bond donors (Lipinski definition) is 0. The summed E-state index contributed by atoms with van der Waals surface area (Å²) in [5, 5.41) is 0. The summed E-state index contributed by atoms with van der Waals surface area (Å²) < 4.78 is 5.14. The van der Waals surface area contributed by atoms with E-state index in [-0.39, 0.29) is 0 Å². The summed E-state index contributed by atoms with van der Waals surface area (Å²) in [5.41, 5.74) is 1.27. The van der Waals surface area contributed by atoms with Crippen LogP contribution in [0.2, 0.25) is 0 Å². The molecule has 1 aromatic rings. The van der Waals surface area contributed by atoms with Gasteiger partial charge < -0.3 is 4.74 Å². The smallest absolute Gasteiger partial charge is 0.122 e. The van der Waals surface area contributed by atoms with E-state index >= 15 is 0 Å². The quantitative estimate of drug-likeness (QED) is 0.668. The average Bonchev–Trinajstić information content (AvgIpc) is 2.55. The van der Waals surface area contributed by atoms with E-state index in [9.17, 15) is 0 Å². The molecule has 114 valence electrons. The Morgan fingerprint density at radius 2 is 1.50 bits per heavy atom. The van der Waals surface area contributed by atoms with E-state index in [2.05, 4.69) is 26.8 Å². The molecule has 20 heavy (non-hydrogen) atoms. The summed E-state index contributed by atoms with van der Waals surface area (Å²) in [7, 11) is 1.70. The van der Waals surface area contributed by atoms with Gasteiger partial charge in [-0.15, -0.1) is 0 Å². The van der Waals surface area contributed by atoms with Gasteiger partial charge >= 0.3 is 0 Å². The van der Waals surface area contributed by atoms with Crippen LogP contribution < -0.4 is 4.74 Å². The molecule has 0 N–H and O–H groups in total. The zero-order chi connectivity index (χ0) is 14.8. The maximum atomic E-state index is 5.14. The van der Waals surface area contributed by atoms with E-state index in [0.717, 1.165) is 24.0 Å². The van der Waals surface area contributed by atoms with Gasteiger partial charge in [0.1, 0.15) is 5.75 Å². The minimum Gasteiger partial charge on any atom is -0.496 e. The first-order valence-corrected chi connectivity index (χ1v) is 8.38. The van der Waals surface area contributed by atoms with E-state index < -0.39 is 0 Å². The highest BCUT2D eigenvalue weighted by Gasteiger charge is 2.21. The first-order valence-electron chi connectivity index (χ1n) is 8.38. The molecule has 1 saturated carbocycles. The lowest BCUT2D eigenvalue weighted by Crippen LogP contribution is -2.17. The van der Waals surface area contributed by atoms with Gasteiger partial charge in [0.15, 0.2) is 0 Å². The van der Waals surface area contributed by atoms with Crippen molar-refractivity contribution < 1.29 is 4.74 Å². The number of aryl methyl sites for hydroxylation is 1. The second-order valence-electron chi connectivity index (χ2n) is 5.79. The molecule has 1 aromatic carbocycles. The Morgan fingerprint density at radius 1 is 0.950 bits per heavy atom. The number of methoxy groups -OCH3 is 1. The Bertz CT molecular complexity index is 324. The van der Waals surface area contributed by atoms with Crippen molar-refractivity contribution in [3.05, 3.63) is 29.8 Å². The van der Waals surface area contributed by atoms with Crippen LogP contribution in [0.15, 0.2) is 24.3 Å². The lowest BCUT2D eigenvalue weighted by Gasteiger charge is -2.29. The number of ether oxygens (including phenoxy) is 1. The molecule has 0 amide bonds. The van der Waals surface area contributed by atoms with Crippen molar-refractivity contribution >= 4 is 0 Å². The third-order valence-corrected chi connectivity index (χ3v) is 4.69. The van der Waals surface area contributed by atoms with E-state index in [4.69, 9.17) is 4.74 Å². The first kappa shape index (κ1) is 17.1. The van der Waals surface area contributed by atoms with Crippen molar-refractivity contribution in [2.45, 2.75) is 65.7 Å². The molecule has 2 rings (SSSR count). The van der Waals surface area contributed by atoms with E-state index in [0.29, 0.717) is 0 Å². The third kappa shape index (κ3) is 5.19. The topological polar surface area (TPSA) is 9.23 Å². The van der Waals surface area contributed by atoms with Gasteiger partial charge in [0.05, 0.1) is 7.11 Å². The number of hydrogen-bond acceptors (Lipinski definition) is 1. The van der Waals surface area contributed by atoms with Gasteiger partial charge in [0, 0.05) is 0 Å². The van der Waals surface area contributed by atoms with Gasteiger partial charge in [0.2, 0.25) is 0 Å². The molecule has 1 heteroatoms. The summed E-state index contributed by atoms with van der Waals surface area (Å²) in [6, 6.07) is 8.08. The Hall–Kier alpha value is -0.980. The maximum absolute atomic E-state index is 5.14. The fraction of sp³-hybridized carbons (Fsp3) is 0.684. The fourth-order valence-electron chi connectivity index (χ4n) is 3.35. The zero-order valence-corrected chi connectivity index (χ0v) is 13.8. The largest absolute Gasteiger partial charge is 0.496 e. The molecule has 0 heterocycles. The SMILES string of the molecule is CCC1CCCC[C@H]1CC.CCc1ccccc1OC. The van der Waals surface area contributed by atoms with Crippen molar-refractivity contribution in [2.24, 2.45) is 11.8 Å². The lowest BCUT2D eigenvalue weighted by molar-refractivity contribution is 0.224. The van der Waals surface area contributed by atoms with Gasteiger partial charge in [-0.3, -0.25) is 0 Å². The maximum Gasteiger partial charge on any atom is 0.122 e. The van der Waals surface area contributed by atoms with Gasteiger partial charge in [-0.1, -0.05) is 77.5 Å². The summed E-state index contributed by atoms with van der Waals surface area (Å²) in [6.45, 7) is 6.81. The molecule has 1 aliphatic rings. The highest BCUT2D eigenvalue weighted by atomic mass is 16.5. The minimum atomic E-state index is 0.991. The highest BCUT2D eigenvalue weighted by molar-refractivity contribution is 5.32. The molecule has 0 aromatic heterocycles. The van der Waals surface area contributed by atoms with Crippen molar-refractivity contribution in [3.63, 3.8) is 0 Å². The minimum absolute atomic E-state index is 0.991. The van der Waals surface area contributed by atoms with Crippen LogP contribution in [0.4, 0.5) is 0 Å². The molecule has 0 saturated heterocycles. The Balaban J connectivity index is 0.000000200. The number of rotatable bonds is 4. The molecule has 0 bridgehead atoms. The van der Waals surface area contributed by atoms with E-state index in [1.54, 1.807) is 7.11 Å². The summed E-state index contributed by atoms with van der Waals surface area (Å²) in [6.07, 6.45) is 9.87. The molecule has 2 atom stereocenters. The van der Waals surface area contributed by atoms with Crippen LogP contribution in [-0.4, -0.2) is 7.11 Å².